The lowest BCUT2D eigenvalue weighted by molar-refractivity contribution is -0.144. The highest BCUT2D eigenvalue weighted by molar-refractivity contribution is 5.69. The summed E-state index contributed by atoms with van der Waals surface area (Å²) in [4.78, 5) is 11.7. The summed E-state index contributed by atoms with van der Waals surface area (Å²) in [6.07, 6.45) is 3.16. The molecule has 6 heteroatoms. The van der Waals surface area contributed by atoms with Gasteiger partial charge in [0.15, 0.2) is 0 Å². The van der Waals surface area contributed by atoms with Crippen molar-refractivity contribution in [3.05, 3.63) is 0 Å². The second kappa shape index (κ2) is 17.2. The van der Waals surface area contributed by atoms with E-state index in [1.54, 1.807) is 0 Å². The van der Waals surface area contributed by atoms with Crippen LogP contribution in [0.25, 0.3) is 0 Å². The maximum Gasteiger partial charge on any atom is 0.305 e. The molecular formula is C22H44O6. The van der Waals surface area contributed by atoms with Crippen LogP contribution in [0.2, 0.25) is 0 Å². The van der Waals surface area contributed by atoms with E-state index >= 15 is 0 Å². The number of carbonyl (C=O) groups is 1. The fourth-order valence-corrected chi connectivity index (χ4v) is 2.88. The van der Waals surface area contributed by atoms with Gasteiger partial charge in [-0.2, -0.15) is 0 Å². The molecule has 28 heavy (non-hydrogen) atoms. The Morgan fingerprint density at radius 2 is 1.57 bits per heavy atom. The molecule has 6 nitrogen and oxygen atoms in total. The molecule has 0 bridgehead atoms. The van der Waals surface area contributed by atoms with E-state index < -0.39 is 0 Å². The summed E-state index contributed by atoms with van der Waals surface area (Å²) < 4.78 is 27.1. The van der Waals surface area contributed by atoms with Crippen molar-refractivity contribution in [3.63, 3.8) is 0 Å². The van der Waals surface area contributed by atoms with Gasteiger partial charge in [-0.3, -0.25) is 4.79 Å². The van der Waals surface area contributed by atoms with Gasteiger partial charge in [-0.1, -0.05) is 27.7 Å². The predicted octanol–water partition coefficient (Wildman–Crippen LogP) is 4.25. The van der Waals surface area contributed by atoms with Gasteiger partial charge in [0.2, 0.25) is 0 Å². The van der Waals surface area contributed by atoms with Crippen molar-refractivity contribution in [1.82, 2.24) is 0 Å². The van der Waals surface area contributed by atoms with E-state index in [9.17, 15) is 4.79 Å². The fraction of sp³-hybridized carbons (Fsp3) is 0.955. The Morgan fingerprint density at radius 3 is 2.25 bits per heavy atom. The second-order valence-corrected chi connectivity index (χ2v) is 8.55. The average molecular weight is 405 g/mol. The molecule has 0 aromatic carbocycles. The Labute approximate surface area is 172 Å². The molecule has 0 fully saturated rings. The normalized spacial score (nSPS) is 14.1. The summed E-state index contributed by atoms with van der Waals surface area (Å²) in [6, 6.07) is 0. The standard InChI is InChI=1S/C22H44O6/c1-7-24-13-14-26-18-20(3)27-16-15-25-11-8-9-21(23)28-12-10-19(2)17-22(4,5)6/h19-20H,7-18H2,1-6H3. The summed E-state index contributed by atoms with van der Waals surface area (Å²) in [7, 11) is 0. The molecule has 0 radical (unpaired) electrons. The van der Waals surface area contributed by atoms with E-state index in [2.05, 4.69) is 27.7 Å². The number of carbonyl (C=O) groups excluding carboxylic acids is 1. The molecule has 0 rings (SSSR count). The van der Waals surface area contributed by atoms with Crippen molar-refractivity contribution < 1.29 is 28.5 Å². The minimum Gasteiger partial charge on any atom is -0.466 e. The second-order valence-electron chi connectivity index (χ2n) is 8.55. The first-order valence-corrected chi connectivity index (χ1v) is 10.7. The molecule has 0 aliphatic heterocycles. The van der Waals surface area contributed by atoms with Crippen LogP contribution < -0.4 is 0 Å². The summed E-state index contributed by atoms with van der Waals surface area (Å²) in [5.41, 5.74) is 0.318. The van der Waals surface area contributed by atoms with Gasteiger partial charge in [-0.05, 0) is 44.4 Å². The highest BCUT2D eigenvalue weighted by Crippen LogP contribution is 2.25. The van der Waals surface area contributed by atoms with Crippen molar-refractivity contribution in [1.29, 1.82) is 0 Å². The molecule has 0 saturated heterocycles. The molecule has 2 unspecified atom stereocenters. The quantitative estimate of drug-likeness (QED) is 0.251. The van der Waals surface area contributed by atoms with Crippen LogP contribution in [0.3, 0.4) is 0 Å². The molecule has 0 N–H and O–H groups in total. The molecule has 0 aromatic heterocycles. The van der Waals surface area contributed by atoms with E-state index in [0.717, 1.165) is 12.8 Å². The predicted molar refractivity (Wildman–Crippen MR) is 112 cm³/mol. The zero-order valence-electron chi connectivity index (χ0n) is 19.1. The third kappa shape index (κ3) is 20.1. The smallest absolute Gasteiger partial charge is 0.305 e. The zero-order chi connectivity index (χ0) is 21.3. The highest BCUT2D eigenvalue weighted by Gasteiger charge is 2.15. The lowest BCUT2D eigenvalue weighted by atomic mass is 9.84. The van der Waals surface area contributed by atoms with Crippen molar-refractivity contribution in [3.8, 4) is 0 Å². The minimum atomic E-state index is -0.138. The van der Waals surface area contributed by atoms with Gasteiger partial charge in [-0.25, -0.2) is 0 Å². The Kier molecular flexibility index (Phi) is 16.8. The van der Waals surface area contributed by atoms with Crippen molar-refractivity contribution >= 4 is 5.97 Å². The third-order valence-corrected chi connectivity index (χ3v) is 4.06. The van der Waals surface area contributed by atoms with Crippen LogP contribution in [0.5, 0.6) is 0 Å². The molecule has 0 amide bonds. The number of hydrogen-bond acceptors (Lipinski definition) is 6. The maximum absolute atomic E-state index is 11.7. The van der Waals surface area contributed by atoms with E-state index in [-0.39, 0.29) is 12.1 Å². The van der Waals surface area contributed by atoms with Gasteiger partial charge >= 0.3 is 5.97 Å². The molecule has 2 atom stereocenters. The van der Waals surface area contributed by atoms with Gasteiger partial charge < -0.3 is 23.7 Å². The number of ether oxygens (including phenoxy) is 5. The summed E-state index contributed by atoms with van der Waals surface area (Å²) in [5, 5.41) is 0. The fourth-order valence-electron chi connectivity index (χ4n) is 2.88. The molecule has 0 aromatic rings. The first-order valence-electron chi connectivity index (χ1n) is 10.7. The average Bonchev–Trinajstić information content (AvgIpc) is 2.59. The lowest BCUT2D eigenvalue weighted by Gasteiger charge is -2.23. The number of rotatable bonds is 18. The van der Waals surface area contributed by atoms with Crippen LogP contribution in [0.1, 0.15) is 67.2 Å². The Hall–Kier alpha value is -0.690. The van der Waals surface area contributed by atoms with Gasteiger partial charge in [0.05, 0.1) is 45.7 Å². The van der Waals surface area contributed by atoms with Crippen LogP contribution in [0, 0.1) is 11.3 Å². The Bertz CT molecular complexity index is 367. The maximum atomic E-state index is 11.7. The van der Waals surface area contributed by atoms with E-state index in [0.29, 0.717) is 77.0 Å². The summed E-state index contributed by atoms with van der Waals surface area (Å²) >= 11 is 0. The molecule has 0 saturated carbocycles. The van der Waals surface area contributed by atoms with Crippen LogP contribution in [0.15, 0.2) is 0 Å². The minimum absolute atomic E-state index is 0.0286. The molecule has 0 spiro atoms. The zero-order valence-corrected chi connectivity index (χ0v) is 19.1. The molecule has 0 heterocycles. The van der Waals surface area contributed by atoms with Crippen molar-refractivity contribution in [2.24, 2.45) is 11.3 Å². The third-order valence-electron chi connectivity index (χ3n) is 4.06. The van der Waals surface area contributed by atoms with E-state index in [1.807, 2.05) is 13.8 Å². The first-order chi connectivity index (χ1) is 13.2. The van der Waals surface area contributed by atoms with Crippen LogP contribution in [0.4, 0.5) is 0 Å². The number of hydrogen-bond donors (Lipinski definition) is 0. The van der Waals surface area contributed by atoms with Crippen LogP contribution >= 0.6 is 0 Å². The largest absolute Gasteiger partial charge is 0.466 e. The van der Waals surface area contributed by atoms with E-state index in [4.69, 9.17) is 23.7 Å². The topological polar surface area (TPSA) is 63.2 Å². The summed E-state index contributed by atoms with van der Waals surface area (Å²) in [6.45, 7) is 17.4. The Balaban J connectivity index is 3.42. The Morgan fingerprint density at radius 1 is 0.893 bits per heavy atom. The summed E-state index contributed by atoms with van der Waals surface area (Å²) in [5.74, 6) is 0.425. The monoisotopic (exact) mass is 404 g/mol. The van der Waals surface area contributed by atoms with Crippen LogP contribution in [-0.4, -0.2) is 64.9 Å². The van der Waals surface area contributed by atoms with Gasteiger partial charge in [-0.15, -0.1) is 0 Å². The lowest BCUT2D eigenvalue weighted by Crippen LogP contribution is -2.20. The van der Waals surface area contributed by atoms with Gasteiger partial charge in [0, 0.05) is 19.6 Å². The highest BCUT2D eigenvalue weighted by atomic mass is 16.6. The van der Waals surface area contributed by atoms with Gasteiger partial charge in [0.25, 0.3) is 0 Å². The number of esters is 1. The van der Waals surface area contributed by atoms with Crippen molar-refractivity contribution in [2.75, 3.05) is 52.9 Å². The van der Waals surface area contributed by atoms with Gasteiger partial charge in [0.1, 0.15) is 0 Å². The SMILES string of the molecule is CCOCCOCC(C)OCCOCCCC(=O)OCCC(C)CC(C)(C)C. The molecule has 168 valence electrons. The molecule has 0 aliphatic carbocycles. The van der Waals surface area contributed by atoms with Crippen molar-refractivity contribution in [2.45, 2.75) is 73.3 Å². The molecular weight excluding hydrogens is 360 g/mol. The molecule has 0 aliphatic rings. The first kappa shape index (κ1) is 27.3. The van der Waals surface area contributed by atoms with E-state index in [1.165, 1.54) is 0 Å². The van der Waals surface area contributed by atoms with Crippen LogP contribution in [-0.2, 0) is 28.5 Å².